The van der Waals surface area contributed by atoms with Crippen LogP contribution in [0.2, 0.25) is 0 Å². The van der Waals surface area contributed by atoms with Gasteiger partial charge in [-0.15, -0.1) is 0 Å². The standard InChI is InChI=1S/C24H25NO2/c1-18(17-25(2)3)24(20-8-7-9-21(26)16-20)19-12-14-23(15-13-19)27-22-10-5-4-6-11-22/h4-16,26H,17H2,1-3H3/b24-18+. The molecule has 3 heteroatoms. The molecule has 0 spiro atoms. The highest BCUT2D eigenvalue weighted by Gasteiger charge is 2.11. The molecule has 0 saturated carbocycles. The number of rotatable bonds is 6. The van der Waals surface area contributed by atoms with Crippen molar-refractivity contribution in [1.82, 2.24) is 4.90 Å². The summed E-state index contributed by atoms with van der Waals surface area (Å²) in [6.07, 6.45) is 0. The molecule has 0 aliphatic heterocycles. The number of ether oxygens (including phenoxy) is 1. The molecule has 1 N–H and O–H groups in total. The van der Waals surface area contributed by atoms with E-state index in [2.05, 4.69) is 38.1 Å². The second kappa shape index (κ2) is 8.56. The third-order valence-corrected chi connectivity index (χ3v) is 4.24. The first kappa shape index (κ1) is 18.7. The Bertz CT molecular complexity index is 913. The first-order valence-electron chi connectivity index (χ1n) is 9.00. The number of phenolic OH excluding ortho intramolecular Hbond substituents is 1. The minimum absolute atomic E-state index is 0.270. The van der Waals surface area contributed by atoms with E-state index in [1.165, 1.54) is 5.57 Å². The van der Waals surface area contributed by atoms with Crippen molar-refractivity contribution in [3.05, 3.63) is 95.6 Å². The van der Waals surface area contributed by atoms with E-state index >= 15 is 0 Å². The van der Waals surface area contributed by atoms with E-state index in [9.17, 15) is 5.11 Å². The van der Waals surface area contributed by atoms with Crippen LogP contribution in [0.5, 0.6) is 17.2 Å². The van der Waals surface area contributed by atoms with Crippen LogP contribution in [0.1, 0.15) is 18.1 Å². The summed E-state index contributed by atoms with van der Waals surface area (Å²) in [6, 6.07) is 25.3. The predicted octanol–water partition coefficient (Wildman–Crippen LogP) is 5.57. The van der Waals surface area contributed by atoms with Crippen LogP contribution < -0.4 is 4.74 Å². The fourth-order valence-corrected chi connectivity index (χ4v) is 3.19. The molecular formula is C24H25NO2. The molecule has 0 bridgehead atoms. The van der Waals surface area contributed by atoms with Crippen molar-refractivity contribution in [2.24, 2.45) is 0 Å². The number of likely N-dealkylation sites (N-methyl/N-ethyl adjacent to an activating group) is 1. The predicted molar refractivity (Wildman–Crippen MR) is 111 cm³/mol. The van der Waals surface area contributed by atoms with E-state index in [4.69, 9.17) is 4.74 Å². The van der Waals surface area contributed by atoms with Gasteiger partial charge in [-0.05, 0) is 74.1 Å². The molecular weight excluding hydrogens is 334 g/mol. The molecule has 3 rings (SSSR count). The Morgan fingerprint density at radius 2 is 1.48 bits per heavy atom. The van der Waals surface area contributed by atoms with Crippen molar-refractivity contribution in [2.75, 3.05) is 20.6 Å². The van der Waals surface area contributed by atoms with E-state index in [1.807, 2.05) is 60.7 Å². The Morgan fingerprint density at radius 1 is 0.815 bits per heavy atom. The van der Waals surface area contributed by atoms with Gasteiger partial charge in [-0.2, -0.15) is 0 Å². The summed E-state index contributed by atoms with van der Waals surface area (Å²) in [5.74, 6) is 1.88. The van der Waals surface area contributed by atoms with Crippen LogP contribution in [0.4, 0.5) is 0 Å². The molecule has 0 amide bonds. The van der Waals surface area contributed by atoms with E-state index in [-0.39, 0.29) is 5.75 Å². The SMILES string of the molecule is C/C(CN(C)C)=C(/c1ccc(Oc2ccccc2)cc1)c1cccc(O)c1. The van der Waals surface area contributed by atoms with E-state index in [0.29, 0.717) is 0 Å². The van der Waals surface area contributed by atoms with Crippen molar-refractivity contribution in [3.63, 3.8) is 0 Å². The fraction of sp³-hybridized carbons (Fsp3) is 0.167. The minimum atomic E-state index is 0.270. The number of hydrogen-bond acceptors (Lipinski definition) is 3. The summed E-state index contributed by atoms with van der Waals surface area (Å²) in [4.78, 5) is 2.14. The molecule has 3 aromatic rings. The lowest BCUT2D eigenvalue weighted by molar-refractivity contribution is 0.446. The monoisotopic (exact) mass is 359 g/mol. The minimum Gasteiger partial charge on any atom is -0.508 e. The van der Waals surface area contributed by atoms with Crippen LogP contribution in [-0.2, 0) is 0 Å². The third-order valence-electron chi connectivity index (χ3n) is 4.24. The lowest BCUT2D eigenvalue weighted by atomic mass is 9.93. The first-order valence-corrected chi connectivity index (χ1v) is 9.00. The second-order valence-corrected chi connectivity index (χ2v) is 6.88. The molecule has 3 nitrogen and oxygen atoms in total. The van der Waals surface area contributed by atoms with Crippen LogP contribution in [0.15, 0.2) is 84.4 Å². The Hall–Kier alpha value is -3.04. The summed E-state index contributed by atoms with van der Waals surface area (Å²) in [7, 11) is 4.11. The summed E-state index contributed by atoms with van der Waals surface area (Å²) in [5.41, 5.74) is 4.47. The van der Waals surface area contributed by atoms with Crippen molar-refractivity contribution in [1.29, 1.82) is 0 Å². The number of phenols is 1. The quantitative estimate of drug-likeness (QED) is 0.625. The van der Waals surface area contributed by atoms with E-state index in [0.717, 1.165) is 34.7 Å². The van der Waals surface area contributed by atoms with Crippen LogP contribution >= 0.6 is 0 Å². The van der Waals surface area contributed by atoms with Gasteiger partial charge in [-0.25, -0.2) is 0 Å². The van der Waals surface area contributed by atoms with Gasteiger partial charge in [0.2, 0.25) is 0 Å². The lowest BCUT2D eigenvalue weighted by Gasteiger charge is -2.17. The second-order valence-electron chi connectivity index (χ2n) is 6.88. The molecule has 0 fully saturated rings. The van der Waals surface area contributed by atoms with Crippen LogP contribution in [0.25, 0.3) is 5.57 Å². The normalized spacial score (nSPS) is 12.0. The van der Waals surface area contributed by atoms with Crippen molar-refractivity contribution < 1.29 is 9.84 Å². The van der Waals surface area contributed by atoms with Gasteiger partial charge in [-0.1, -0.05) is 48.0 Å². The summed E-state index contributed by atoms with van der Waals surface area (Å²) >= 11 is 0. The van der Waals surface area contributed by atoms with E-state index in [1.54, 1.807) is 6.07 Å². The number of benzene rings is 3. The molecule has 3 aromatic carbocycles. The Kier molecular flexibility index (Phi) is 5.94. The first-order chi connectivity index (χ1) is 13.0. The molecule has 138 valence electrons. The van der Waals surface area contributed by atoms with Gasteiger partial charge >= 0.3 is 0 Å². The van der Waals surface area contributed by atoms with E-state index < -0.39 is 0 Å². The molecule has 0 aliphatic rings. The molecule has 0 atom stereocenters. The topological polar surface area (TPSA) is 32.7 Å². The van der Waals surface area contributed by atoms with Crippen molar-refractivity contribution in [2.45, 2.75) is 6.92 Å². The van der Waals surface area contributed by atoms with Crippen LogP contribution in [0.3, 0.4) is 0 Å². The van der Waals surface area contributed by atoms with Gasteiger partial charge in [0.25, 0.3) is 0 Å². The van der Waals surface area contributed by atoms with Gasteiger partial charge in [0.1, 0.15) is 17.2 Å². The average molecular weight is 359 g/mol. The number of nitrogens with zero attached hydrogens (tertiary/aromatic N) is 1. The number of para-hydroxylation sites is 1. The fourth-order valence-electron chi connectivity index (χ4n) is 3.19. The maximum Gasteiger partial charge on any atom is 0.127 e. The highest BCUT2D eigenvalue weighted by atomic mass is 16.5. The van der Waals surface area contributed by atoms with Gasteiger partial charge in [0.05, 0.1) is 0 Å². The maximum atomic E-state index is 9.93. The molecule has 0 aliphatic carbocycles. The molecule has 0 saturated heterocycles. The summed E-state index contributed by atoms with van der Waals surface area (Å²) < 4.78 is 5.90. The Balaban J connectivity index is 1.95. The summed E-state index contributed by atoms with van der Waals surface area (Å²) in [6.45, 7) is 2.97. The summed E-state index contributed by atoms with van der Waals surface area (Å²) in [5, 5.41) is 9.93. The van der Waals surface area contributed by atoms with Crippen molar-refractivity contribution >= 4 is 5.57 Å². The third kappa shape index (κ3) is 4.99. The molecule has 0 radical (unpaired) electrons. The van der Waals surface area contributed by atoms with Gasteiger partial charge in [0.15, 0.2) is 0 Å². The smallest absolute Gasteiger partial charge is 0.127 e. The Morgan fingerprint density at radius 3 is 2.11 bits per heavy atom. The Labute approximate surface area is 161 Å². The number of hydrogen-bond donors (Lipinski definition) is 1. The molecule has 0 heterocycles. The highest BCUT2D eigenvalue weighted by Crippen LogP contribution is 2.31. The van der Waals surface area contributed by atoms with Gasteiger partial charge in [0, 0.05) is 6.54 Å². The zero-order valence-corrected chi connectivity index (χ0v) is 16.0. The molecule has 0 unspecified atom stereocenters. The zero-order chi connectivity index (χ0) is 19.2. The van der Waals surface area contributed by atoms with Crippen LogP contribution in [0, 0.1) is 0 Å². The zero-order valence-electron chi connectivity index (χ0n) is 16.0. The van der Waals surface area contributed by atoms with Gasteiger partial charge < -0.3 is 14.7 Å². The maximum absolute atomic E-state index is 9.93. The van der Waals surface area contributed by atoms with Crippen LogP contribution in [-0.4, -0.2) is 30.6 Å². The largest absolute Gasteiger partial charge is 0.508 e. The molecule has 0 aromatic heterocycles. The highest BCUT2D eigenvalue weighted by molar-refractivity contribution is 5.82. The lowest BCUT2D eigenvalue weighted by Crippen LogP contribution is -2.15. The van der Waals surface area contributed by atoms with Crippen molar-refractivity contribution in [3.8, 4) is 17.2 Å². The average Bonchev–Trinajstić information content (AvgIpc) is 2.64. The number of aromatic hydroxyl groups is 1. The molecule has 27 heavy (non-hydrogen) atoms. The van der Waals surface area contributed by atoms with Gasteiger partial charge in [-0.3, -0.25) is 0 Å².